The Kier molecular flexibility index (Phi) is 3.31. The molecule has 0 saturated heterocycles. The molecule has 0 saturated carbocycles. The lowest BCUT2D eigenvalue weighted by Gasteiger charge is -2.19. The number of hydrogen-bond acceptors (Lipinski definition) is 2. The quantitative estimate of drug-likeness (QED) is 0.811. The van der Waals surface area contributed by atoms with E-state index in [1.165, 1.54) is 24.8 Å². The molecular formula is C14H22N2. The fourth-order valence-corrected chi connectivity index (χ4v) is 2.26. The summed E-state index contributed by atoms with van der Waals surface area (Å²) < 4.78 is 0. The van der Waals surface area contributed by atoms with Gasteiger partial charge in [0.1, 0.15) is 0 Å². The highest BCUT2D eigenvalue weighted by molar-refractivity contribution is 5.35. The molecule has 2 nitrogen and oxygen atoms in total. The van der Waals surface area contributed by atoms with E-state index in [9.17, 15) is 0 Å². The third kappa shape index (κ3) is 3.06. The van der Waals surface area contributed by atoms with Crippen molar-refractivity contribution < 1.29 is 0 Å². The van der Waals surface area contributed by atoms with E-state index < -0.39 is 0 Å². The summed E-state index contributed by atoms with van der Waals surface area (Å²) in [4.78, 5) is 0. The smallest absolute Gasteiger partial charge is 0.0223 e. The summed E-state index contributed by atoms with van der Waals surface area (Å²) in [5.74, 6) is 0. The van der Waals surface area contributed by atoms with Gasteiger partial charge in [0.2, 0.25) is 0 Å². The Bertz CT molecular complexity index is 363. The van der Waals surface area contributed by atoms with E-state index in [1.807, 2.05) is 13.8 Å². The van der Waals surface area contributed by atoms with Crippen molar-refractivity contribution in [2.24, 2.45) is 5.73 Å². The van der Waals surface area contributed by atoms with Crippen molar-refractivity contribution in [1.29, 1.82) is 0 Å². The normalized spacial score (nSPS) is 15.2. The molecule has 0 unspecified atom stereocenters. The summed E-state index contributed by atoms with van der Waals surface area (Å²) in [6.45, 7) is 5.86. The molecule has 1 aliphatic rings. The third-order valence-corrected chi connectivity index (χ3v) is 3.07. The van der Waals surface area contributed by atoms with Gasteiger partial charge >= 0.3 is 0 Å². The first-order valence-corrected chi connectivity index (χ1v) is 6.15. The third-order valence-electron chi connectivity index (χ3n) is 3.07. The van der Waals surface area contributed by atoms with Gasteiger partial charge in [-0.05, 0) is 49.8 Å². The Labute approximate surface area is 98.2 Å². The molecule has 0 aromatic heterocycles. The van der Waals surface area contributed by atoms with Crippen LogP contribution >= 0.6 is 0 Å². The van der Waals surface area contributed by atoms with Gasteiger partial charge in [0.05, 0.1) is 0 Å². The number of hydrogen-bond donors (Lipinski definition) is 2. The molecule has 88 valence electrons. The van der Waals surface area contributed by atoms with Crippen molar-refractivity contribution in [3.63, 3.8) is 0 Å². The SMILES string of the molecule is CC(C)(N)CNCc1ccc2c(c1)CCC2. The predicted molar refractivity (Wildman–Crippen MR) is 68.4 cm³/mol. The molecule has 0 radical (unpaired) electrons. The second-order valence-corrected chi connectivity index (χ2v) is 5.55. The van der Waals surface area contributed by atoms with Crippen LogP contribution in [0.25, 0.3) is 0 Å². The molecule has 1 aromatic carbocycles. The van der Waals surface area contributed by atoms with Crippen molar-refractivity contribution in [1.82, 2.24) is 5.32 Å². The lowest BCUT2D eigenvalue weighted by atomic mass is 10.1. The molecule has 0 spiro atoms. The van der Waals surface area contributed by atoms with E-state index in [-0.39, 0.29) is 5.54 Å². The van der Waals surface area contributed by atoms with Gasteiger partial charge in [0.25, 0.3) is 0 Å². The van der Waals surface area contributed by atoms with Crippen LogP contribution in [0.2, 0.25) is 0 Å². The van der Waals surface area contributed by atoms with Crippen molar-refractivity contribution >= 4 is 0 Å². The Morgan fingerprint density at radius 1 is 1.25 bits per heavy atom. The molecule has 0 heterocycles. The zero-order chi connectivity index (χ0) is 11.6. The van der Waals surface area contributed by atoms with Gasteiger partial charge in [-0.2, -0.15) is 0 Å². The molecule has 1 aliphatic carbocycles. The zero-order valence-electron chi connectivity index (χ0n) is 10.3. The molecule has 0 atom stereocenters. The molecule has 0 amide bonds. The van der Waals surface area contributed by atoms with Crippen LogP contribution in [0.5, 0.6) is 0 Å². The fraction of sp³-hybridized carbons (Fsp3) is 0.571. The summed E-state index contributed by atoms with van der Waals surface area (Å²) in [5, 5.41) is 3.41. The predicted octanol–water partition coefficient (Wildman–Crippen LogP) is 2.00. The summed E-state index contributed by atoms with van der Waals surface area (Å²) in [6, 6.07) is 6.87. The van der Waals surface area contributed by atoms with Crippen molar-refractivity contribution in [2.75, 3.05) is 6.54 Å². The highest BCUT2D eigenvalue weighted by Gasteiger charge is 2.12. The maximum Gasteiger partial charge on any atom is 0.0223 e. The maximum atomic E-state index is 5.93. The van der Waals surface area contributed by atoms with Crippen LogP contribution in [0.1, 0.15) is 37.0 Å². The van der Waals surface area contributed by atoms with Crippen LogP contribution in [-0.4, -0.2) is 12.1 Å². The summed E-state index contributed by atoms with van der Waals surface area (Å²) in [7, 11) is 0. The minimum Gasteiger partial charge on any atom is -0.324 e. The number of fused-ring (bicyclic) bond motifs is 1. The second kappa shape index (κ2) is 4.56. The van der Waals surface area contributed by atoms with Gasteiger partial charge < -0.3 is 11.1 Å². The highest BCUT2D eigenvalue weighted by atomic mass is 14.9. The molecule has 16 heavy (non-hydrogen) atoms. The number of benzene rings is 1. The topological polar surface area (TPSA) is 38.0 Å². The average molecular weight is 218 g/mol. The molecular weight excluding hydrogens is 196 g/mol. The number of nitrogens with two attached hydrogens (primary N) is 1. The van der Waals surface area contributed by atoms with Crippen molar-refractivity contribution in [2.45, 2.75) is 45.2 Å². The van der Waals surface area contributed by atoms with Gasteiger partial charge in [0, 0.05) is 18.6 Å². The largest absolute Gasteiger partial charge is 0.324 e. The highest BCUT2D eigenvalue weighted by Crippen LogP contribution is 2.22. The van der Waals surface area contributed by atoms with Crippen LogP contribution in [0.15, 0.2) is 18.2 Å². The average Bonchev–Trinajstić information content (AvgIpc) is 2.62. The van der Waals surface area contributed by atoms with E-state index in [2.05, 4.69) is 23.5 Å². The summed E-state index contributed by atoms with van der Waals surface area (Å²) in [5.41, 5.74) is 10.3. The Morgan fingerprint density at radius 3 is 2.75 bits per heavy atom. The minimum absolute atomic E-state index is 0.128. The molecule has 3 N–H and O–H groups in total. The van der Waals surface area contributed by atoms with Crippen molar-refractivity contribution in [3.8, 4) is 0 Å². The molecule has 1 aromatic rings. The molecule has 0 fully saturated rings. The first-order chi connectivity index (χ1) is 7.54. The maximum absolute atomic E-state index is 5.93. The molecule has 0 bridgehead atoms. The molecule has 2 heteroatoms. The van der Waals surface area contributed by atoms with Crippen LogP contribution < -0.4 is 11.1 Å². The number of rotatable bonds is 4. The van der Waals surface area contributed by atoms with E-state index in [1.54, 1.807) is 11.1 Å². The molecule has 2 rings (SSSR count). The Balaban J connectivity index is 1.91. The summed E-state index contributed by atoms with van der Waals surface area (Å²) in [6.07, 6.45) is 3.84. The first kappa shape index (κ1) is 11.6. The lowest BCUT2D eigenvalue weighted by molar-refractivity contribution is 0.466. The van der Waals surface area contributed by atoms with E-state index >= 15 is 0 Å². The van der Waals surface area contributed by atoms with Crippen LogP contribution in [0, 0.1) is 0 Å². The first-order valence-electron chi connectivity index (χ1n) is 6.15. The zero-order valence-corrected chi connectivity index (χ0v) is 10.3. The molecule has 0 aliphatic heterocycles. The van der Waals surface area contributed by atoms with Gasteiger partial charge in [-0.1, -0.05) is 18.2 Å². The van der Waals surface area contributed by atoms with E-state index in [0.717, 1.165) is 13.1 Å². The van der Waals surface area contributed by atoms with Gasteiger partial charge in [-0.3, -0.25) is 0 Å². The number of nitrogens with one attached hydrogen (secondary N) is 1. The van der Waals surface area contributed by atoms with Crippen LogP contribution in [-0.2, 0) is 19.4 Å². The minimum atomic E-state index is -0.128. The Morgan fingerprint density at radius 2 is 2.00 bits per heavy atom. The van der Waals surface area contributed by atoms with Gasteiger partial charge in [-0.25, -0.2) is 0 Å². The van der Waals surface area contributed by atoms with Crippen LogP contribution in [0.4, 0.5) is 0 Å². The Hall–Kier alpha value is -0.860. The van der Waals surface area contributed by atoms with E-state index in [4.69, 9.17) is 5.73 Å². The standard InChI is InChI=1S/C14H22N2/c1-14(2,15)10-16-9-11-6-7-12-4-3-5-13(12)8-11/h6-8,16H,3-5,9-10,15H2,1-2H3. The van der Waals surface area contributed by atoms with Crippen LogP contribution in [0.3, 0.4) is 0 Å². The second-order valence-electron chi connectivity index (χ2n) is 5.55. The van der Waals surface area contributed by atoms with Crippen molar-refractivity contribution in [3.05, 3.63) is 34.9 Å². The fourth-order valence-electron chi connectivity index (χ4n) is 2.26. The summed E-state index contributed by atoms with van der Waals surface area (Å²) >= 11 is 0. The lowest BCUT2D eigenvalue weighted by Crippen LogP contribution is -2.42. The van der Waals surface area contributed by atoms with Gasteiger partial charge in [0.15, 0.2) is 0 Å². The van der Waals surface area contributed by atoms with E-state index in [0.29, 0.717) is 0 Å². The van der Waals surface area contributed by atoms with Gasteiger partial charge in [-0.15, -0.1) is 0 Å². The number of aryl methyl sites for hydroxylation is 2. The monoisotopic (exact) mass is 218 g/mol.